The van der Waals surface area contributed by atoms with Gasteiger partial charge in [-0.15, -0.1) is 21.2 Å². The van der Waals surface area contributed by atoms with E-state index in [1.54, 1.807) is 11.8 Å². The number of hydrogen-bond donors (Lipinski definition) is 8. The van der Waals surface area contributed by atoms with Gasteiger partial charge in [-0.25, -0.2) is 0 Å². The molecule has 0 radical (unpaired) electrons. The first-order chi connectivity index (χ1) is 49.0. The fraction of sp³-hybridized carbons (Fsp3) is 0.271. The Balaban J connectivity index is 0. The second-order valence-corrected chi connectivity index (χ2v) is 29.4. The molecule has 9 nitrogen and oxygen atoms in total. The minimum atomic E-state index is -2.56. The molecule has 0 bridgehead atoms. The van der Waals surface area contributed by atoms with Crippen molar-refractivity contribution in [3.63, 3.8) is 0 Å². The third-order valence-corrected chi connectivity index (χ3v) is 14.1. The Labute approximate surface area is 653 Å². The predicted molar refractivity (Wildman–Crippen MR) is 479 cm³/mol. The van der Waals surface area contributed by atoms with E-state index in [9.17, 15) is 8.78 Å². The third-order valence-electron chi connectivity index (χ3n) is 13.1. The van der Waals surface area contributed by atoms with Crippen molar-refractivity contribution >= 4 is 166 Å². The molecule has 14 aromatic rings. The van der Waals surface area contributed by atoms with Crippen LogP contribution in [0, 0.1) is 19.8 Å². The zero-order valence-electron chi connectivity index (χ0n) is 63.6. The molecule has 2 aliphatic rings. The number of para-hydroxylation sites is 7. The Morgan fingerprint density at radius 1 is 0.431 bits per heavy atom. The quantitative estimate of drug-likeness (QED) is 0.0469. The van der Waals surface area contributed by atoms with E-state index in [1.165, 1.54) is 87.3 Å². The smallest absolute Gasteiger partial charge is 0.345 e. The molecule has 1 aliphatic heterocycles. The summed E-state index contributed by atoms with van der Waals surface area (Å²) >= 11 is 14.2. The Morgan fingerprint density at radius 2 is 0.735 bits per heavy atom. The Morgan fingerprint density at radius 3 is 1.07 bits per heavy atom. The number of nitrogens with one attached hydrogen (secondary N) is 8. The largest absolute Gasteiger partial charge is 0.412 e. The molecule has 0 spiro atoms. The first-order valence-corrected chi connectivity index (χ1v) is 41.5. The number of H-pyrrole nitrogens is 7. The molecule has 2 atom stereocenters. The van der Waals surface area contributed by atoms with Gasteiger partial charge in [0.05, 0.1) is 6.04 Å². The van der Waals surface area contributed by atoms with Gasteiger partial charge < -0.3 is 45.7 Å². The van der Waals surface area contributed by atoms with Gasteiger partial charge in [-0.2, -0.15) is 8.78 Å². The average Bonchev–Trinajstić information content (AvgIpc) is 1.72. The minimum Gasteiger partial charge on any atom is -0.412 e. The second kappa shape index (κ2) is 59.2. The molecular formula is C85H115ClF2I2N8OS3. The molecule has 17 heteroatoms. The second-order valence-electron chi connectivity index (χ2n) is 19.9. The molecule has 0 fully saturated rings. The normalized spacial score (nSPS) is 11.7. The zero-order valence-corrected chi connectivity index (χ0v) is 71.1. The maximum absolute atomic E-state index is 11.0. The van der Waals surface area contributed by atoms with Gasteiger partial charge in [0.15, 0.2) is 0 Å². The first-order valence-electron chi connectivity index (χ1n) is 34.8. The lowest BCUT2D eigenvalue weighted by atomic mass is 9.92. The van der Waals surface area contributed by atoms with Crippen LogP contribution >= 0.6 is 68.5 Å². The van der Waals surface area contributed by atoms with Crippen LogP contribution in [0.3, 0.4) is 0 Å². The molecule has 8 heterocycles. The summed E-state index contributed by atoms with van der Waals surface area (Å²) in [5.41, 5.74) is 12.3. The van der Waals surface area contributed by atoms with Crippen LogP contribution in [0.25, 0.3) is 76.3 Å². The highest BCUT2D eigenvalue weighted by atomic mass is 127. The number of thioether (sulfide) groups is 1. The number of halogens is 5. The van der Waals surface area contributed by atoms with Crippen molar-refractivity contribution in [3.05, 3.63) is 284 Å². The van der Waals surface area contributed by atoms with Crippen LogP contribution < -0.4 is 5.32 Å². The predicted octanol–water partition coefficient (Wildman–Crippen LogP) is 27.9. The van der Waals surface area contributed by atoms with Crippen LogP contribution in [0.1, 0.15) is 115 Å². The number of benzene rings is 7. The van der Waals surface area contributed by atoms with Crippen LogP contribution in [0.5, 0.6) is 0 Å². The highest BCUT2D eigenvalue weighted by Crippen LogP contribution is 2.30. The van der Waals surface area contributed by atoms with E-state index < -0.39 is 1.94 Å². The van der Waals surface area contributed by atoms with E-state index >= 15 is 0 Å². The van der Waals surface area contributed by atoms with E-state index in [1.807, 2.05) is 213 Å². The van der Waals surface area contributed by atoms with Gasteiger partial charge in [0, 0.05) is 142 Å². The van der Waals surface area contributed by atoms with Gasteiger partial charge >= 0.3 is 1.94 Å². The van der Waals surface area contributed by atoms with Crippen molar-refractivity contribution in [2.24, 2.45) is 5.92 Å². The summed E-state index contributed by atoms with van der Waals surface area (Å²) in [4.78, 5) is 23.4. The summed E-state index contributed by atoms with van der Waals surface area (Å²) < 4.78 is 19.4. The first kappa shape index (κ1) is 96.9. The van der Waals surface area contributed by atoms with Gasteiger partial charge in [-0.05, 0) is 157 Å². The number of hydrogen-bond acceptors (Lipinski definition) is 3. The molecule has 1 aliphatic carbocycles. The lowest BCUT2D eigenvalue weighted by Crippen LogP contribution is -2.24. The highest BCUT2D eigenvalue weighted by molar-refractivity contribution is 14.2. The number of aromatic amines is 7. The molecule has 7 aromatic carbocycles. The van der Waals surface area contributed by atoms with E-state index in [4.69, 9.17) is 11.6 Å². The topological polar surface area (TPSA) is 154 Å². The van der Waals surface area contributed by atoms with Gasteiger partial charge in [0.1, 0.15) is 5.15 Å². The molecule has 0 amide bonds. The number of fused-ring (bicyclic) bond motifs is 8. The van der Waals surface area contributed by atoms with Gasteiger partial charge in [-0.3, -0.25) is 0 Å². The summed E-state index contributed by atoms with van der Waals surface area (Å²) in [6.07, 6.45) is 24.8. The molecule has 102 heavy (non-hydrogen) atoms. The number of allylic oxidation sites excluding steroid dienone is 2. The maximum Gasteiger partial charge on any atom is 0.345 e. The van der Waals surface area contributed by atoms with Gasteiger partial charge in [0.2, 0.25) is 0 Å². The SMILES string of the molecule is CC.CC.CC.CC.CC.CC.CC.CC1=CNC2C=CC=CC12.CS(C)=S.CSc1c[nH]c2ccccc12.Cc1cc2ccccc2[nH]1.Cc1cc2ccccc2[nH]1.Clc1cc2ccccc2[nH]1.FC(F)(I)I.O.c1ccc2[nH]ccc2c1.c1ccc2[nH]ccc2c1.c1ccc2[nH]ccc2c1. The van der Waals surface area contributed by atoms with E-state index in [2.05, 4.69) is 236 Å². The monoisotopic (exact) mass is 1690 g/mol. The lowest BCUT2D eigenvalue weighted by Gasteiger charge is -2.16. The van der Waals surface area contributed by atoms with Crippen LogP contribution in [0.15, 0.2) is 272 Å². The fourth-order valence-electron chi connectivity index (χ4n) is 9.20. The summed E-state index contributed by atoms with van der Waals surface area (Å²) in [5.74, 6) is 0.616. The zero-order chi connectivity index (χ0) is 76.0. The van der Waals surface area contributed by atoms with Crippen molar-refractivity contribution in [2.75, 3.05) is 18.8 Å². The number of aromatic nitrogens is 7. The number of alkyl halides is 4. The summed E-state index contributed by atoms with van der Waals surface area (Å²) in [5, 5.41) is 12.9. The Kier molecular flexibility index (Phi) is 56.3. The Hall–Kier alpha value is -7.17. The standard InChI is InChI=1S/C9H9NS.C9H11N.2C9H9N.C8H6ClN.3C8H7N.C2H6S2.7C2H6.CF2I2.H2O/c1-11-9-6-10-8-5-3-2-4-7(8)9;1-7-6-10-9-5-3-2-4-8(7)9;2*1-7-6-8-4-2-3-5-9(8)10-7;9-8-5-6-3-1-2-4-7(6)10-8;3*1-2-4-8-7(3-1)5-6-9-8;1-4(2)3;7*1-2;2-1(3,4)5;/h2-6,10H,1H3;2-6,8-10H,1H3;2*2-6,10H,1H3;1-5,10H;3*1-6,9H;1-2H3;7*1-2H3;;1H2. The maximum atomic E-state index is 11.0. The molecule has 16 rings (SSSR count). The van der Waals surface area contributed by atoms with Crippen molar-refractivity contribution in [1.29, 1.82) is 0 Å². The van der Waals surface area contributed by atoms with Crippen molar-refractivity contribution in [2.45, 2.75) is 131 Å². The molecule has 2 unspecified atom stereocenters. The van der Waals surface area contributed by atoms with Gasteiger partial charge in [-0.1, -0.05) is 271 Å². The van der Waals surface area contributed by atoms with E-state index in [0.29, 0.717) is 17.1 Å². The minimum absolute atomic E-state index is 0. The lowest BCUT2D eigenvalue weighted by molar-refractivity contribution is 0.252. The van der Waals surface area contributed by atoms with Gasteiger partial charge in [0.25, 0.3) is 0 Å². The summed E-state index contributed by atoms with van der Waals surface area (Å²) in [6, 6.07) is 70.5. The molecule has 7 aromatic heterocycles. The van der Waals surface area contributed by atoms with Crippen LogP contribution in [-0.4, -0.2) is 67.1 Å². The molecule has 0 saturated carbocycles. The number of aryl methyl sites for hydroxylation is 2. The fourth-order valence-corrected chi connectivity index (χ4v) is 9.99. The van der Waals surface area contributed by atoms with Crippen LogP contribution in [-0.2, 0) is 20.6 Å². The van der Waals surface area contributed by atoms with E-state index in [-0.39, 0.29) is 14.9 Å². The molecule has 10 N–H and O–H groups in total. The van der Waals surface area contributed by atoms with Crippen molar-refractivity contribution in [1.82, 2.24) is 40.2 Å². The van der Waals surface area contributed by atoms with Crippen LogP contribution in [0.2, 0.25) is 5.15 Å². The highest BCUT2D eigenvalue weighted by Gasteiger charge is 2.23. The molecule has 554 valence electrons. The molecule has 0 saturated heterocycles. The van der Waals surface area contributed by atoms with E-state index in [0.717, 1.165) is 56.1 Å². The van der Waals surface area contributed by atoms with Crippen LogP contribution in [0.4, 0.5) is 8.78 Å². The summed E-state index contributed by atoms with van der Waals surface area (Å²) in [6.45, 7) is 34.3. The van der Waals surface area contributed by atoms with Crippen molar-refractivity contribution in [3.8, 4) is 0 Å². The average molecular weight is 1690 g/mol. The number of rotatable bonds is 1. The molecular weight excluding hydrogens is 1570 g/mol. The summed E-state index contributed by atoms with van der Waals surface area (Å²) in [7, 11) is 0.222. The third kappa shape index (κ3) is 38.4. The Bertz CT molecular complexity index is 3910. The van der Waals surface area contributed by atoms with Crippen molar-refractivity contribution < 1.29 is 14.3 Å².